The molecular weight excluding hydrogens is 116 g/mol. The van der Waals surface area contributed by atoms with Gasteiger partial charge in [-0.25, -0.2) is 4.99 Å². The van der Waals surface area contributed by atoms with Crippen LogP contribution in [0.1, 0.15) is 13.8 Å². The van der Waals surface area contributed by atoms with Crippen LogP contribution in [0.3, 0.4) is 0 Å². The molecule has 9 heavy (non-hydrogen) atoms. The molecule has 0 aromatic rings. The van der Waals surface area contributed by atoms with Crippen LogP contribution < -0.4 is 0 Å². The standard InChI is InChI=1S/C6H8N2O/c1-4-3-7-6(9)5(2)8-4/h3-4H,1-2H3. The summed E-state index contributed by atoms with van der Waals surface area (Å²) >= 11 is 0. The summed E-state index contributed by atoms with van der Waals surface area (Å²) in [5.41, 5.74) is 0.505. The van der Waals surface area contributed by atoms with Crippen LogP contribution in [0.4, 0.5) is 0 Å². The van der Waals surface area contributed by atoms with E-state index in [4.69, 9.17) is 0 Å². The zero-order valence-electron chi connectivity index (χ0n) is 5.46. The van der Waals surface area contributed by atoms with Gasteiger partial charge in [0.1, 0.15) is 0 Å². The smallest absolute Gasteiger partial charge is 0.275 e. The van der Waals surface area contributed by atoms with Gasteiger partial charge in [0.15, 0.2) is 0 Å². The fourth-order valence-electron chi connectivity index (χ4n) is 0.663. The molecular formula is C6H8N2O. The second kappa shape index (κ2) is 2.09. The number of carbonyl (C=O) groups is 1. The van der Waals surface area contributed by atoms with Crippen LogP contribution in [-0.4, -0.2) is 23.9 Å². The van der Waals surface area contributed by atoms with Crippen molar-refractivity contribution in [2.75, 3.05) is 0 Å². The number of hydrogen-bond acceptors (Lipinski definition) is 2. The molecule has 0 aromatic carbocycles. The lowest BCUT2D eigenvalue weighted by Gasteiger charge is -2.04. The molecule has 0 fully saturated rings. The van der Waals surface area contributed by atoms with Crippen molar-refractivity contribution < 1.29 is 4.79 Å². The van der Waals surface area contributed by atoms with Crippen molar-refractivity contribution in [2.24, 2.45) is 9.98 Å². The predicted octanol–water partition coefficient (Wildman–Crippen LogP) is 0.447. The summed E-state index contributed by atoms with van der Waals surface area (Å²) in [6.45, 7) is 3.56. The normalized spacial score (nSPS) is 26.2. The van der Waals surface area contributed by atoms with Gasteiger partial charge in [0.25, 0.3) is 5.91 Å². The molecule has 0 spiro atoms. The Kier molecular flexibility index (Phi) is 1.42. The number of aliphatic imine (C=N–C) groups is 2. The monoisotopic (exact) mass is 124 g/mol. The lowest BCUT2D eigenvalue weighted by Crippen LogP contribution is -2.18. The third-order valence-electron chi connectivity index (χ3n) is 1.11. The number of nitrogens with zero attached hydrogens (tertiary/aromatic N) is 2. The maximum Gasteiger partial charge on any atom is 0.290 e. The lowest BCUT2D eigenvalue weighted by molar-refractivity contribution is -0.111. The molecule has 1 atom stereocenters. The molecule has 1 unspecified atom stereocenters. The molecule has 1 amide bonds. The molecule has 3 nitrogen and oxygen atoms in total. The van der Waals surface area contributed by atoms with E-state index in [0.29, 0.717) is 5.71 Å². The first kappa shape index (κ1) is 6.13. The summed E-state index contributed by atoms with van der Waals surface area (Å²) in [6.07, 6.45) is 1.55. The van der Waals surface area contributed by atoms with Crippen molar-refractivity contribution in [1.82, 2.24) is 0 Å². The van der Waals surface area contributed by atoms with Gasteiger partial charge in [0.2, 0.25) is 0 Å². The van der Waals surface area contributed by atoms with Crippen molar-refractivity contribution in [3.63, 3.8) is 0 Å². The van der Waals surface area contributed by atoms with E-state index in [0.717, 1.165) is 0 Å². The Morgan fingerprint density at radius 2 is 2.33 bits per heavy atom. The molecule has 0 aromatic heterocycles. The van der Waals surface area contributed by atoms with Crippen molar-refractivity contribution in [1.29, 1.82) is 0 Å². The highest BCUT2D eigenvalue weighted by Crippen LogP contribution is 1.95. The summed E-state index contributed by atoms with van der Waals surface area (Å²) in [7, 11) is 0. The SMILES string of the molecule is CC1=NC(C)C=NC1=O. The van der Waals surface area contributed by atoms with Gasteiger partial charge in [0.05, 0.1) is 11.8 Å². The minimum Gasteiger partial charge on any atom is -0.275 e. The molecule has 1 aliphatic rings. The molecule has 1 heterocycles. The molecule has 0 aliphatic carbocycles. The Balaban J connectivity index is 2.82. The van der Waals surface area contributed by atoms with Gasteiger partial charge in [-0.05, 0) is 13.8 Å². The van der Waals surface area contributed by atoms with Crippen LogP contribution in [0.15, 0.2) is 9.98 Å². The number of amides is 1. The van der Waals surface area contributed by atoms with Gasteiger partial charge in [-0.15, -0.1) is 0 Å². The van der Waals surface area contributed by atoms with Crippen molar-refractivity contribution in [3.8, 4) is 0 Å². The van der Waals surface area contributed by atoms with Gasteiger partial charge in [-0.1, -0.05) is 0 Å². The van der Waals surface area contributed by atoms with E-state index in [1.165, 1.54) is 0 Å². The van der Waals surface area contributed by atoms with E-state index in [2.05, 4.69) is 9.98 Å². The zero-order valence-corrected chi connectivity index (χ0v) is 5.46. The maximum absolute atomic E-state index is 10.6. The first-order valence-electron chi connectivity index (χ1n) is 2.83. The molecule has 1 aliphatic heterocycles. The Morgan fingerprint density at radius 3 is 2.78 bits per heavy atom. The number of rotatable bonds is 0. The third kappa shape index (κ3) is 1.22. The van der Waals surface area contributed by atoms with Crippen LogP contribution >= 0.6 is 0 Å². The zero-order chi connectivity index (χ0) is 6.85. The number of carbonyl (C=O) groups excluding carboxylic acids is 1. The highest BCUT2D eigenvalue weighted by Gasteiger charge is 2.09. The molecule has 0 saturated heterocycles. The second-order valence-electron chi connectivity index (χ2n) is 2.04. The van der Waals surface area contributed by atoms with E-state index in [-0.39, 0.29) is 11.9 Å². The van der Waals surface area contributed by atoms with E-state index in [1.54, 1.807) is 13.1 Å². The highest BCUT2D eigenvalue weighted by atomic mass is 16.1. The first-order valence-corrected chi connectivity index (χ1v) is 2.83. The molecule has 3 heteroatoms. The van der Waals surface area contributed by atoms with Gasteiger partial charge in [-0.2, -0.15) is 0 Å². The molecule has 0 N–H and O–H groups in total. The summed E-state index contributed by atoms with van der Waals surface area (Å²) in [5.74, 6) is -0.215. The average molecular weight is 124 g/mol. The van der Waals surface area contributed by atoms with Gasteiger partial charge in [0, 0.05) is 6.21 Å². The summed E-state index contributed by atoms with van der Waals surface area (Å²) in [4.78, 5) is 18.2. The van der Waals surface area contributed by atoms with Crippen molar-refractivity contribution >= 4 is 17.8 Å². The summed E-state index contributed by atoms with van der Waals surface area (Å²) in [5, 5.41) is 0. The molecule has 0 radical (unpaired) electrons. The average Bonchev–Trinajstić information content (AvgIpc) is 1.80. The maximum atomic E-state index is 10.6. The van der Waals surface area contributed by atoms with Crippen LogP contribution in [-0.2, 0) is 4.79 Å². The first-order chi connectivity index (χ1) is 4.20. The lowest BCUT2D eigenvalue weighted by atomic mass is 10.3. The highest BCUT2D eigenvalue weighted by molar-refractivity contribution is 6.40. The minimum absolute atomic E-state index is 0.0719. The molecule has 48 valence electrons. The Labute approximate surface area is 53.5 Å². The summed E-state index contributed by atoms with van der Waals surface area (Å²) < 4.78 is 0. The van der Waals surface area contributed by atoms with E-state index in [1.807, 2.05) is 6.92 Å². The van der Waals surface area contributed by atoms with Crippen molar-refractivity contribution in [3.05, 3.63) is 0 Å². The van der Waals surface area contributed by atoms with E-state index >= 15 is 0 Å². The minimum atomic E-state index is -0.215. The second-order valence-corrected chi connectivity index (χ2v) is 2.04. The fourth-order valence-corrected chi connectivity index (χ4v) is 0.663. The number of hydrogen-bond donors (Lipinski definition) is 0. The predicted molar refractivity (Wildman–Crippen MR) is 36.1 cm³/mol. The molecule has 0 bridgehead atoms. The van der Waals surface area contributed by atoms with E-state index < -0.39 is 0 Å². The van der Waals surface area contributed by atoms with Gasteiger partial charge in [-0.3, -0.25) is 9.79 Å². The van der Waals surface area contributed by atoms with Gasteiger partial charge >= 0.3 is 0 Å². The van der Waals surface area contributed by atoms with Crippen LogP contribution in [0, 0.1) is 0 Å². The fraction of sp³-hybridized carbons (Fsp3) is 0.500. The Hall–Kier alpha value is -0.990. The quantitative estimate of drug-likeness (QED) is 0.462. The summed E-state index contributed by atoms with van der Waals surface area (Å²) in [6, 6.07) is 0.0719. The Bertz CT molecular complexity index is 193. The van der Waals surface area contributed by atoms with Crippen molar-refractivity contribution in [2.45, 2.75) is 19.9 Å². The van der Waals surface area contributed by atoms with Crippen LogP contribution in [0.5, 0.6) is 0 Å². The third-order valence-corrected chi connectivity index (χ3v) is 1.11. The molecule has 1 rings (SSSR count). The molecule has 0 saturated carbocycles. The van der Waals surface area contributed by atoms with Gasteiger partial charge < -0.3 is 0 Å². The van der Waals surface area contributed by atoms with Crippen LogP contribution in [0.2, 0.25) is 0 Å². The van der Waals surface area contributed by atoms with E-state index in [9.17, 15) is 4.79 Å². The van der Waals surface area contributed by atoms with Crippen LogP contribution in [0.25, 0.3) is 0 Å². The largest absolute Gasteiger partial charge is 0.290 e. The topological polar surface area (TPSA) is 41.8 Å². The Morgan fingerprint density at radius 1 is 1.67 bits per heavy atom.